The lowest BCUT2D eigenvalue weighted by Crippen LogP contribution is -2.53. The average molecular weight is 284 g/mol. The van der Waals surface area contributed by atoms with E-state index in [0.29, 0.717) is 12.5 Å². The summed E-state index contributed by atoms with van der Waals surface area (Å²) in [5.74, 6) is 0.409. The highest BCUT2D eigenvalue weighted by molar-refractivity contribution is 5.83. The van der Waals surface area contributed by atoms with E-state index in [-0.39, 0.29) is 6.03 Å². The highest BCUT2D eigenvalue weighted by Gasteiger charge is 2.31. The van der Waals surface area contributed by atoms with Gasteiger partial charge in [0.05, 0.1) is 6.10 Å². The second kappa shape index (κ2) is 5.74. The Kier molecular flexibility index (Phi) is 3.80. The van der Waals surface area contributed by atoms with Gasteiger partial charge in [0, 0.05) is 25.6 Å². The van der Waals surface area contributed by atoms with E-state index in [1.165, 1.54) is 16.3 Å². The summed E-state index contributed by atoms with van der Waals surface area (Å²) < 4.78 is 0. The van der Waals surface area contributed by atoms with E-state index in [9.17, 15) is 9.90 Å². The molecule has 2 aromatic carbocycles. The standard InChI is InChI=1S/C17H20N2O2/c1-12(20)9-18-17(21)19-10-16(11-19)15-7-6-13-4-2-3-5-14(13)8-15/h2-8,12,16,20H,9-11H2,1H3,(H,18,21)/t12-/m1/s1. The van der Waals surface area contributed by atoms with Crippen molar-refractivity contribution in [1.82, 2.24) is 10.2 Å². The summed E-state index contributed by atoms with van der Waals surface area (Å²) in [7, 11) is 0. The second-order valence-electron chi connectivity index (χ2n) is 5.74. The zero-order valence-corrected chi connectivity index (χ0v) is 12.1. The maximum atomic E-state index is 11.8. The molecule has 0 unspecified atom stereocenters. The Morgan fingerprint density at radius 3 is 2.71 bits per heavy atom. The Balaban J connectivity index is 1.61. The topological polar surface area (TPSA) is 52.6 Å². The van der Waals surface area contributed by atoms with Gasteiger partial charge < -0.3 is 15.3 Å². The fourth-order valence-corrected chi connectivity index (χ4v) is 2.66. The summed E-state index contributed by atoms with van der Waals surface area (Å²) in [4.78, 5) is 13.6. The van der Waals surface area contributed by atoms with Crippen LogP contribution in [0, 0.1) is 0 Å². The minimum atomic E-state index is -0.508. The van der Waals surface area contributed by atoms with E-state index in [1.807, 2.05) is 12.1 Å². The van der Waals surface area contributed by atoms with Gasteiger partial charge in [-0.2, -0.15) is 0 Å². The van der Waals surface area contributed by atoms with Crippen LogP contribution in [-0.2, 0) is 0 Å². The summed E-state index contributed by atoms with van der Waals surface area (Å²) in [5, 5.41) is 14.4. The van der Waals surface area contributed by atoms with Gasteiger partial charge in [-0.05, 0) is 23.3 Å². The number of nitrogens with one attached hydrogen (secondary N) is 1. The molecule has 1 saturated heterocycles. The highest BCUT2D eigenvalue weighted by atomic mass is 16.3. The fourth-order valence-electron chi connectivity index (χ4n) is 2.66. The summed E-state index contributed by atoms with van der Waals surface area (Å²) in [6.07, 6.45) is -0.508. The molecule has 0 aromatic heterocycles. The maximum Gasteiger partial charge on any atom is 0.317 e. The average Bonchev–Trinajstić information content (AvgIpc) is 2.43. The number of carbonyl (C=O) groups is 1. The molecule has 21 heavy (non-hydrogen) atoms. The maximum absolute atomic E-state index is 11.8. The molecule has 1 fully saturated rings. The zero-order valence-electron chi connectivity index (χ0n) is 12.1. The monoisotopic (exact) mass is 284 g/mol. The highest BCUT2D eigenvalue weighted by Crippen LogP contribution is 2.29. The van der Waals surface area contributed by atoms with Crippen LogP contribution in [0.4, 0.5) is 4.79 Å². The number of aliphatic hydroxyl groups is 1. The SMILES string of the molecule is C[C@@H](O)CNC(=O)N1CC(c2ccc3ccccc3c2)C1. The number of likely N-dealkylation sites (tertiary alicyclic amines) is 1. The Labute approximate surface area is 124 Å². The molecular formula is C17H20N2O2. The van der Waals surface area contributed by atoms with Crippen LogP contribution in [0.5, 0.6) is 0 Å². The van der Waals surface area contributed by atoms with Crippen LogP contribution in [0.15, 0.2) is 42.5 Å². The molecule has 4 heteroatoms. The molecule has 1 heterocycles. The Morgan fingerprint density at radius 1 is 1.29 bits per heavy atom. The molecule has 1 atom stereocenters. The quantitative estimate of drug-likeness (QED) is 0.909. The first kappa shape index (κ1) is 13.9. The number of benzene rings is 2. The number of carbonyl (C=O) groups excluding carboxylic acids is 1. The fraction of sp³-hybridized carbons (Fsp3) is 0.353. The molecular weight excluding hydrogens is 264 g/mol. The molecule has 2 amide bonds. The van der Waals surface area contributed by atoms with Crippen molar-refractivity contribution in [2.75, 3.05) is 19.6 Å². The van der Waals surface area contributed by atoms with Gasteiger partial charge in [-0.3, -0.25) is 0 Å². The number of nitrogens with zero attached hydrogens (tertiary/aromatic N) is 1. The summed E-state index contributed by atoms with van der Waals surface area (Å²) in [5.41, 5.74) is 1.29. The molecule has 3 rings (SSSR count). The lowest BCUT2D eigenvalue weighted by Gasteiger charge is -2.39. The van der Waals surface area contributed by atoms with Crippen LogP contribution in [0.25, 0.3) is 10.8 Å². The predicted molar refractivity (Wildman–Crippen MR) is 83.3 cm³/mol. The lowest BCUT2D eigenvalue weighted by atomic mass is 9.90. The van der Waals surface area contributed by atoms with Gasteiger partial charge in [-0.25, -0.2) is 4.79 Å². The third-order valence-electron chi connectivity index (χ3n) is 3.96. The van der Waals surface area contributed by atoms with Gasteiger partial charge in [0.25, 0.3) is 0 Å². The third-order valence-corrected chi connectivity index (χ3v) is 3.96. The number of urea groups is 1. The van der Waals surface area contributed by atoms with E-state index in [4.69, 9.17) is 0 Å². The van der Waals surface area contributed by atoms with Crippen LogP contribution in [-0.4, -0.2) is 41.8 Å². The van der Waals surface area contributed by atoms with Crippen LogP contribution >= 0.6 is 0 Å². The van der Waals surface area contributed by atoms with Crippen molar-refractivity contribution < 1.29 is 9.90 Å². The van der Waals surface area contributed by atoms with Gasteiger partial charge >= 0.3 is 6.03 Å². The van der Waals surface area contributed by atoms with Gasteiger partial charge in [-0.1, -0.05) is 42.5 Å². The van der Waals surface area contributed by atoms with Crippen molar-refractivity contribution in [2.24, 2.45) is 0 Å². The van der Waals surface area contributed by atoms with Crippen LogP contribution in [0.1, 0.15) is 18.4 Å². The first-order valence-electron chi connectivity index (χ1n) is 7.33. The molecule has 0 radical (unpaired) electrons. The van der Waals surface area contributed by atoms with E-state index < -0.39 is 6.10 Å². The van der Waals surface area contributed by atoms with Crippen molar-refractivity contribution in [3.8, 4) is 0 Å². The Hall–Kier alpha value is -2.07. The van der Waals surface area contributed by atoms with Crippen molar-refractivity contribution >= 4 is 16.8 Å². The third kappa shape index (κ3) is 3.00. The molecule has 2 N–H and O–H groups in total. The van der Waals surface area contributed by atoms with E-state index in [0.717, 1.165) is 13.1 Å². The van der Waals surface area contributed by atoms with Crippen molar-refractivity contribution in [3.05, 3.63) is 48.0 Å². The summed E-state index contributed by atoms with van der Waals surface area (Å²) in [6, 6.07) is 14.7. The van der Waals surface area contributed by atoms with E-state index in [1.54, 1.807) is 11.8 Å². The van der Waals surface area contributed by atoms with Crippen molar-refractivity contribution in [3.63, 3.8) is 0 Å². The van der Waals surface area contributed by atoms with Crippen LogP contribution in [0.3, 0.4) is 0 Å². The van der Waals surface area contributed by atoms with Gasteiger partial charge in [0.1, 0.15) is 0 Å². The number of hydrogen-bond acceptors (Lipinski definition) is 2. The number of fused-ring (bicyclic) bond motifs is 1. The zero-order chi connectivity index (χ0) is 14.8. The number of rotatable bonds is 3. The minimum Gasteiger partial charge on any atom is -0.392 e. The molecule has 2 aromatic rings. The van der Waals surface area contributed by atoms with Crippen molar-refractivity contribution in [1.29, 1.82) is 0 Å². The smallest absolute Gasteiger partial charge is 0.317 e. The molecule has 1 aliphatic rings. The molecule has 4 nitrogen and oxygen atoms in total. The summed E-state index contributed by atoms with van der Waals surface area (Å²) in [6.45, 7) is 3.44. The Bertz CT molecular complexity index is 648. The number of aliphatic hydroxyl groups excluding tert-OH is 1. The first-order chi connectivity index (χ1) is 10.1. The minimum absolute atomic E-state index is 0.0899. The molecule has 110 valence electrons. The van der Waals surface area contributed by atoms with Crippen LogP contribution in [0.2, 0.25) is 0 Å². The largest absolute Gasteiger partial charge is 0.392 e. The lowest BCUT2D eigenvalue weighted by molar-refractivity contribution is 0.141. The summed E-state index contributed by atoms with van der Waals surface area (Å²) >= 11 is 0. The van der Waals surface area contributed by atoms with E-state index in [2.05, 4.69) is 35.6 Å². The van der Waals surface area contributed by atoms with Gasteiger partial charge in [0.2, 0.25) is 0 Å². The van der Waals surface area contributed by atoms with Gasteiger partial charge in [0.15, 0.2) is 0 Å². The normalized spacial score (nSPS) is 16.6. The number of amides is 2. The van der Waals surface area contributed by atoms with Crippen molar-refractivity contribution in [2.45, 2.75) is 18.9 Å². The van der Waals surface area contributed by atoms with Crippen LogP contribution < -0.4 is 5.32 Å². The molecule has 1 aliphatic heterocycles. The number of hydrogen-bond donors (Lipinski definition) is 2. The molecule has 0 spiro atoms. The molecule has 0 bridgehead atoms. The van der Waals surface area contributed by atoms with E-state index >= 15 is 0 Å². The molecule has 0 aliphatic carbocycles. The first-order valence-corrected chi connectivity index (χ1v) is 7.33. The van der Waals surface area contributed by atoms with Gasteiger partial charge in [-0.15, -0.1) is 0 Å². The second-order valence-corrected chi connectivity index (χ2v) is 5.74. The Morgan fingerprint density at radius 2 is 2.00 bits per heavy atom. The molecule has 0 saturated carbocycles. The predicted octanol–water partition coefficient (Wildman–Crippen LogP) is 2.33.